The van der Waals surface area contributed by atoms with Gasteiger partial charge < -0.3 is 9.64 Å². The first-order valence-electron chi connectivity index (χ1n) is 6.10. The van der Waals surface area contributed by atoms with Gasteiger partial charge in [0.15, 0.2) is 0 Å². The SMILES string of the molecule is COC1Cc2ccccc2N(C(=O)c2cscn2)C1. The number of para-hydroxylation sites is 1. The van der Waals surface area contributed by atoms with Crippen LogP contribution in [0.1, 0.15) is 16.1 Å². The Morgan fingerprint density at radius 1 is 1.47 bits per heavy atom. The molecule has 1 aliphatic rings. The molecule has 0 N–H and O–H groups in total. The van der Waals surface area contributed by atoms with E-state index in [1.54, 1.807) is 22.9 Å². The Hall–Kier alpha value is -1.72. The molecular formula is C14H14N2O2S. The van der Waals surface area contributed by atoms with Crippen molar-refractivity contribution in [3.05, 3.63) is 46.4 Å². The van der Waals surface area contributed by atoms with Crippen molar-refractivity contribution in [2.24, 2.45) is 0 Å². The highest BCUT2D eigenvalue weighted by atomic mass is 32.1. The number of thiazole rings is 1. The maximum atomic E-state index is 12.5. The van der Waals surface area contributed by atoms with Crippen LogP contribution in [0.15, 0.2) is 35.2 Å². The lowest BCUT2D eigenvalue weighted by Gasteiger charge is -2.33. The molecule has 0 fully saturated rings. The second kappa shape index (κ2) is 5.11. The largest absolute Gasteiger partial charge is 0.379 e. The molecular weight excluding hydrogens is 260 g/mol. The van der Waals surface area contributed by atoms with Crippen LogP contribution in [-0.2, 0) is 11.2 Å². The Bertz CT molecular complexity index is 583. The van der Waals surface area contributed by atoms with E-state index in [4.69, 9.17) is 4.74 Å². The molecule has 1 amide bonds. The summed E-state index contributed by atoms with van der Waals surface area (Å²) >= 11 is 1.43. The second-order valence-corrected chi connectivity index (χ2v) is 5.20. The highest BCUT2D eigenvalue weighted by Crippen LogP contribution is 2.29. The Kier molecular flexibility index (Phi) is 3.31. The summed E-state index contributed by atoms with van der Waals surface area (Å²) in [5, 5.41) is 1.78. The summed E-state index contributed by atoms with van der Waals surface area (Å²) in [6, 6.07) is 7.96. The van der Waals surface area contributed by atoms with Gasteiger partial charge in [0.05, 0.1) is 18.2 Å². The van der Waals surface area contributed by atoms with Crippen LogP contribution in [0.2, 0.25) is 0 Å². The van der Waals surface area contributed by atoms with E-state index < -0.39 is 0 Å². The van der Waals surface area contributed by atoms with Crippen LogP contribution in [0.4, 0.5) is 5.69 Å². The topological polar surface area (TPSA) is 42.4 Å². The molecule has 0 spiro atoms. The van der Waals surface area contributed by atoms with E-state index in [0.29, 0.717) is 12.2 Å². The van der Waals surface area contributed by atoms with Gasteiger partial charge in [0, 0.05) is 24.6 Å². The Labute approximate surface area is 115 Å². The smallest absolute Gasteiger partial charge is 0.277 e. The third kappa shape index (κ3) is 2.27. The lowest BCUT2D eigenvalue weighted by atomic mass is 9.99. The Morgan fingerprint density at radius 2 is 2.32 bits per heavy atom. The molecule has 0 aliphatic carbocycles. The minimum atomic E-state index is -0.0598. The zero-order valence-electron chi connectivity index (χ0n) is 10.6. The van der Waals surface area contributed by atoms with Gasteiger partial charge in [0.25, 0.3) is 5.91 Å². The van der Waals surface area contributed by atoms with E-state index >= 15 is 0 Å². The average molecular weight is 274 g/mol. The Balaban J connectivity index is 1.98. The number of methoxy groups -OCH3 is 1. The summed E-state index contributed by atoms with van der Waals surface area (Å²) < 4.78 is 5.43. The number of aromatic nitrogens is 1. The molecule has 1 aromatic heterocycles. The number of carbonyl (C=O) groups excluding carboxylic acids is 1. The molecule has 1 aliphatic heterocycles. The van der Waals surface area contributed by atoms with Gasteiger partial charge in [-0.1, -0.05) is 18.2 Å². The van der Waals surface area contributed by atoms with Crippen LogP contribution in [0, 0.1) is 0 Å². The molecule has 0 saturated heterocycles. The van der Waals surface area contributed by atoms with E-state index in [9.17, 15) is 4.79 Å². The number of carbonyl (C=O) groups is 1. The normalized spacial score (nSPS) is 18.2. The number of ether oxygens (including phenoxy) is 1. The molecule has 1 unspecified atom stereocenters. The van der Waals surface area contributed by atoms with Crippen molar-refractivity contribution >= 4 is 22.9 Å². The fourth-order valence-corrected chi connectivity index (χ4v) is 2.89. The van der Waals surface area contributed by atoms with Crippen molar-refractivity contribution in [2.45, 2.75) is 12.5 Å². The average Bonchev–Trinajstić information content (AvgIpc) is 2.99. The predicted octanol–water partition coefficient (Wildman–Crippen LogP) is 2.36. The van der Waals surface area contributed by atoms with Gasteiger partial charge in [0.2, 0.25) is 0 Å². The molecule has 98 valence electrons. The zero-order chi connectivity index (χ0) is 13.2. The van der Waals surface area contributed by atoms with Crippen LogP contribution in [-0.4, -0.2) is 30.6 Å². The third-order valence-corrected chi connectivity index (χ3v) is 3.93. The van der Waals surface area contributed by atoms with E-state index in [2.05, 4.69) is 4.98 Å². The maximum Gasteiger partial charge on any atom is 0.277 e. The number of hydrogen-bond acceptors (Lipinski definition) is 4. The maximum absolute atomic E-state index is 12.5. The molecule has 0 radical (unpaired) electrons. The molecule has 2 heterocycles. The van der Waals surface area contributed by atoms with Crippen LogP contribution in [0.3, 0.4) is 0 Å². The van der Waals surface area contributed by atoms with Gasteiger partial charge in [-0.05, 0) is 11.6 Å². The minimum absolute atomic E-state index is 0.0393. The predicted molar refractivity (Wildman–Crippen MR) is 74.7 cm³/mol. The van der Waals surface area contributed by atoms with Crippen LogP contribution in [0.25, 0.3) is 0 Å². The number of anilines is 1. The molecule has 1 atom stereocenters. The minimum Gasteiger partial charge on any atom is -0.379 e. The van der Waals surface area contributed by atoms with Gasteiger partial charge >= 0.3 is 0 Å². The summed E-state index contributed by atoms with van der Waals surface area (Å²) in [6.07, 6.45) is 0.880. The van der Waals surface area contributed by atoms with Crippen molar-refractivity contribution in [3.8, 4) is 0 Å². The number of benzene rings is 1. The van der Waals surface area contributed by atoms with Crippen molar-refractivity contribution in [1.82, 2.24) is 4.98 Å². The van der Waals surface area contributed by atoms with Crippen molar-refractivity contribution in [1.29, 1.82) is 0 Å². The van der Waals surface area contributed by atoms with Crippen molar-refractivity contribution < 1.29 is 9.53 Å². The first-order chi connectivity index (χ1) is 9.29. The van der Waals surface area contributed by atoms with Gasteiger partial charge in [-0.15, -0.1) is 11.3 Å². The summed E-state index contributed by atoms with van der Waals surface area (Å²) in [6.45, 7) is 0.573. The summed E-state index contributed by atoms with van der Waals surface area (Å²) in [7, 11) is 1.68. The molecule has 3 rings (SSSR count). The fourth-order valence-electron chi connectivity index (χ4n) is 2.37. The highest BCUT2D eigenvalue weighted by Gasteiger charge is 2.29. The van der Waals surface area contributed by atoms with Crippen molar-refractivity contribution in [2.75, 3.05) is 18.6 Å². The second-order valence-electron chi connectivity index (χ2n) is 4.48. The number of rotatable bonds is 2. The van der Waals surface area contributed by atoms with Gasteiger partial charge in [-0.2, -0.15) is 0 Å². The summed E-state index contributed by atoms with van der Waals surface area (Å²) in [5.74, 6) is -0.0598. The summed E-state index contributed by atoms with van der Waals surface area (Å²) in [4.78, 5) is 18.4. The molecule has 5 heteroatoms. The molecule has 4 nitrogen and oxygen atoms in total. The van der Waals surface area contributed by atoms with Crippen LogP contribution in [0.5, 0.6) is 0 Å². The van der Waals surface area contributed by atoms with E-state index in [-0.39, 0.29) is 12.0 Å². The lowest BCUT2D eigenvalue weighted by Crippen LogP contribution is -2.43. The number of amides is 1. The lowest BCUT2D eigenvalue weighted by molar-refractivity contribution is 0.0867. The monoisotopic (exact) mass is 274 g/mol. The third-order valence-electron chi connectivity index (χ3n) is 3.35. The number of hydrogen-bond donors (Lipinski definition) is 0. The van der Waals surface area contributed by atoms with Gasteiger partial charge in [-0.25, -0.2) is 4.98 Å². The molecule has 1 aromatic carbocycles. The fraction of sp³-hybridized carbons (Fsp3) is 0.286. The first kappa shape index (κ1) is 12.3. The Morgan fingerprint density at radius 3 is 3.05 bits per heavy atom. The van der Waals surface area contributed by atoms with Crippen LogP contribution < -0.4 is 4.90 Å². The highest BCUT2D eigenvalue weighted by molar-refractivity contribution is 7.07. The standard InChI is InChI=1S/C14H14N2O2S/c1-18-11-6-10-4-2-3-5-13(10)16(7-11)14(17)12-8-19-9-15-12/h2-5,8-9,11H,6-7H2,1H3. The zero-order valence-corrected chi connectivity index (χ0v) is 11.4. The van der Waals surface area contributed by atoms with Gasteiger partial charge in [0.1, 0.15) is 5.69 Å². The first-order valence-corrected chi connectivity index (χ1v) is 7.04. The quantitative estimate of drug-likeness (QED) is 0.844. The van der Waals surface area contributed by atoms with Gasteiger partial charge in [-0.3, -0.25) is 4.79 Å². The van der Waals surface area contributed by atoms with Crippen LogP contribution >= 0.6 is 11.3 Å². The molecule has 0 saturated carbocycles. The number of fused-ring (bicyclic) bond motifs is 1. The van der Waals surface area contributed by atoms with E-state index in [0.717, 1.165) is 17.7 Å². The molecule has 2 aromatic rings. The van der Waals surface area contributed by atoms with E-state index in [1.807, 2.05) is 24.3 Å². The summed E-state index contributed by atoms with van der Waals surface area (Å²) in [5.41, 5.74) is 4.28. The van der Waals surface area contributed by atoms with E-state index in [1.165, 1.54) is 11.3 Å². The van der Waals surface area contributed by atoms with Crippen molar-refractivity contribution in [3.63, 3.8) is 0 Å². The number of nitrogens with zero attached hydrogens (tertiary/aromatic N) is 2. The molecule has 0 bridgehead atoms. The molecule has 19 heavy (non-hydrogen) atoms.